The second-order valence-corrected chi connectivity index (χ2v) is 2.60. The van der Waals surface area contributed by atoms with Crippen molar-refractivity contribution in [2.75, 3.05) is 0 Å². The fourth-order valence-electron chi connectivity index (χ4n) is 0.693. The molecule has 11 heavy (non-hydrogen) atoms. The lowest BCUT2D eigenvalue weighted by Crippen LogP contribution is -2.05. The summed E-state index contributed by atoms with van der Waals surface area (Å²) in [5, 5.41) is 9.27. The molecule has 62 valence electrons. The van der Waals surface area contributed by atoms with Crippen LogP contribution in [0.2, 0.25) is 0 Å². The molecule has 0 aromatic heterocycles. The third-order valence-corrected chi connectivity index (χ3v) is 1.45. The molecule has 1 N–H and O–H groups in total. The zero-order valence-corrected chi connectivity index (χ0v) is 7.09. The molecule has 0 aromatic rings. The predicted octanol–water partition coefficient (Wildman–Crippen LogP) is 2.45. The molecule has 1 heteroatoms. The summed E-state index contributed by atoms with van der Waals surface area (Å²) in [5.41, 5.74) is 0.831. The summed E-state index contributed by atoms with van der Waals surface area (Å²) in [6.45, 7) is 9.04. The second kappa shape index (κ2) is 5.93. The Balaban J connectivity index is 3.46. The highest BCUT2D eigenvalue weighted by Crippen LogP contribution is 2.05. The first kappa shape index (κ1) is 10.2. The van der Waals surface area contributed by atoms with Crippen LogP contribution in [0.5, 0.6) is 0 Å². The van der Waals surface area contributed by atoms with E-state index in [1.54, 1.807) is 6.08 Å². The summed E-state index contributed by atoms with van der Waals surface area (Å²) < 4.78 is 0. The zero-order valence-electron chi connectivity index (χ0n) is 7.09. The quantitative estimate of drug-likeness (QED) is 0.474. The summed E-state index contributed by atoms with van der Waals surface area (Å²) in [5.74, 6) is 0. The Morgan fingerprint density at radius 1 is 1.64 bits per heavy atom. The van der Waals surface area contributed by atoms with Crippen molar-refractivity contribution < 1.29 is 5.11 Å². The number of hydrogen-bond donors (Lipinski definition) is 1. The van der Waals surface area contributed by atoms with Gasteiger partial charge in [-0.15, -0.1) is 0 Å². The van der Waals surface area contributed by atoms with Crippen molar-refractivity contribution in [3.63, 3.8) is 0 Å². The van der Waals surface area contributed by atoms with E-state index < -0.39 is 0 Å². The smallest absolute Gasteiger partial charge is 0.0747 e. The van der Waals surface area contributed by atoms with Gasteiger partial charge in [-0.3, -0.25) is 0 Å². The van der Waals surface area contributed by atoms with E-state index in [4.69, 9.17) is 0 Å². The standard InChI is InChI=1S/C10H16O/c1-4-5-6-7-8-10(11)9(2)3/h4-6,10-11H,1-2,7-8H2,3H3. The van der Waals surface area contributed by atoms with Gasteiger partial charge < -0.3 is 5.11 Å². The minimum atomic E-state index is -0.357. The van der Waals surface area contributed by atoms with E-state index in [0.29, 0.717) is 0 Å². The topological polar surface area (TPSA) is 20.2 Å². The Morgan fingerprint density at radius 3 is 2.73 bits per heavy atom. The van der Waals surface area contributed by atoms with E-state index >= 15 is 0 Å². The molecule has 1 unspecified atom stereocenters. The van der Waals surface area contributed by atoms with Crippen molar-refractivity contribution in [2.45, 2.75) is 25.9 Å². The summed E-state index contributed by atoms with van der Waals surface area (Å²) >= 11 is 0. The number of hydrogen-bond acceptors (Lipinski definition) is 1. The van der Waals surface area contributed by atoms with Crippen LogP contribution >= 0.6 is 0 Å². The molecule has 0 aromatic carbocycles. The van der Waals surface area contributed by atoms with Gasteiger partial charge in [-0.05, 0) is 19.8 Å². The summed E-state index contributed by atoms with van der Waals surface area (Å²) in [6, 6.07) is 0. The van der Waals surface area contributed by atoms with Crippen molar-refractivity contribution in [3.05, 3.63) is 37.0 Å². The van der Waals surface area contributed by atoms with Gasteiger partial charge in [-0.25, -0.2) is 0 Å². The lowest BCUT2D eigenvalue weighted by atomic mass is 10.1. The minimum absolute atomic E-state index is 0.357. The average molecular weight is 152 g/mol. The minimum Gasteiger partial charge on any atom is -0.389 e. The number of allylic oxidation sites excluding steroid dienone is 3. The first-order chi connectivity index (χ1) is 5.18. The Kier molecular flexibility index (Phi) is 5.49. The molecule has 1 atom stereocenters. The molecule has 1 nitrogen and oxygen atoms in total. The fraction of sp³-hybridized carbons (Fsp3) is 0.400. The third kappa shape index (κ3) is 5.62. The van der Waals surface area contributed by atoms with Gasteiger partial charge in [0, 0.05) is 0 Å². The Labute approximate surface area is 68.7 Å². The molecule has 0 radical (unpaired) electrons. The van der Waals surface area contributed by atoms with Gasteiger partial charge in [0.2, 0.25) is 0 Å². The predicted molar refractivity (Wildman–Crippen MR) is 49.4 cm³/mol. The molecule has 0 aliphatic rings. The van der Waals surface area contributed by atoms with E-state index in [1.165, 1.54) is 0 Å². The van der Waals surface area contributed by atoms with Crippen molar-refractivity contribution in [1.29, 1.82) is 0 Å². The van der Waals surface area contributed by atoms with Crippen molar-refractivity contribution in [1.82, 2.24) is 0 Å². The lowest BCUT2D eigenvalue weighted by molar-refractivity contribution is 0.202. The molecule has 0 aliphatic carbocycles. The zero-order chi connectivity index (χ0) is 8.69. The highest BCUT2D eigenvalue weighted by molar-refractivity contribution is 5.00. The molecular formula is C10H16O. The van der Waals surface area contributed by atoms with Crippen molar-refractivity contribution >= 4 is 0 Å². The van der Waals surface area contributed by atoms with Gasteiger partial charge in [0.05, 0.1) is 6.10 Å². The number of rotatable bonds is 5. The van der Waals surface area contributed by atoms with Gasteiger partial charge in [0.15, 0.2) is 0 Å². The van der Waals surface area contributed by atoms with Crippen LogP contribution in [-0.2, 0) is 0 Å². The SMILES string of the molecule is C=CC=CCCC(O)C(=C)C. The van der Waals surface area contributed by atoms with Gasteiger partial charge in [-0.1, -0.05) is 37.0 Å². The van der Waals surface area contributed by atoms with Crippen LogP contribution in [0.1, 0.15) is 19.8 Å². The lowest BCUT2D eigenvalue weighted by Gasteiger charge is -2.06. The molecular weight excluding hydrogens is 136 g/mol. The monoisotopic (exact) mass is 152 g/mol. The average Bonchev–Trinajstić information content (AvgIpc) is 1.97. The Hall–Kier alpha value is -0.820. The van der Waals surface area contributed by atoms with E-state index in [-0.39, 0.29) is 6.10 Å². The summed E-state index contributed by atoms with van der Waals surface area (Å²) in [7, 11) is 0. The van der Waals surface area contributed by atoms with Crippen LogP contribution in [0.3, 0.4) is 0 Å². The maximum Gasteiger partial charge on any atom is 0.0747 e. The van der Waals surface area contributed by atoms with Crippen LogP contribution < -0.4 is 0 Å². The second-order valence-electron chi connectivity index (χ2n) is 2.60. The van der Waals surface area contributed by atoms with Crippen LogP contribution in [0, 0.1) is 0 Å². The highest BCUT2D eigenvalue weighted by Gasteiger charge is 2.00. The molecule has 0 rings (SSSR count). The largest absolute Gasteiger partial charge is 0.389 e. The first-order valence-electron chi connectivity index (χ1n) is 3.79. The van der Waals surface area contributed by atoms with Gasteiger partial charge >= 0.3 is 0 Å². The number of aliphatic hydroxyl groups excluding tert-OH is 1. The maximum absolute atomic E-state index is 9.27. The fourth-order valence-corrected chi connectivity index (χ4v) is 0.693. The molecule has 0 saturated heterocycles. The molecule has 0 saturated carbocycles. The number of aliphatic hydroxyl groups is 1. The van der Waals surface area contributed by atoms with Gasteiger partial charge in [0.25, 0.3) is 0 Å². The third-order valence-electron chi connectivity index (χ3n) is 1.45. The molecule has 0 aliphatic heterocycles. The molecule has 0 amide bonds. The van der Waals surface area contributed by atoms with E-state index in [2.05, 4.69) is 13.2 Å². The van der Waals surface area contributed by atoms with Crippen LogP contribution in [0.4, 0.5) is 0 Å². The summed E-state index contributed by atoms with van der Waals surface area (Å²) in [6.07, 6.45) is 6.86. The Morgan fingerprint density at radius 2 is 2.27 bits per heavy atom. The van der Waals surface area contributed by atoms with E-state index in [9.17, 15) is 5.11 Å². The van der Waals surface area contributed by atoms with E-state index in [1.807, 2.05) is 19.1 Å². The van der Waals surface area contributed by atoms with Gasteiger partial charge in [-0.2, -0.15) is 0 Å². The van der Waals surface area contributed by atoms with Crippen molar-refractivity contribution in [2.24, 2.45) is 0 Å². The van der Waals surface area contributed by atoms with Crippen LogP contribution in [-0.4, -0.2) is 11.2 Å². The van der Waals surface area contributed by atoms with Crippen LogP contribution in [0.25, 0.3) is 0 Å². The maximum atomic E-state index is 9.27. The molecule has 0 bridgehead atoms. The Bertz CT molecular complexity index is 156. The molecule has 0 spiro atoms. The normalized spacial score (nSPS) is 13.3. The van der Waals surface area contributed by atoms with E-state index in [0.717, 1.165) is 18.4 Å². The molecule has 0 fully saturated rings. The molecule has 0 heterocycles. The van der Waals surface area contributed by atoms with Gasteiger partial charge in [0.1, 0.15) is 0 Å². The van der Waals surface area contributed by atoms with Crippen LogP contribution in [0.15, 0.2) is 37.0 Å². The highest BCUT2D eigenvalue weighted by atomic mass is 16.3. The van der Waals surface area contributed by atoms with Crippen molar-refractivity contribution in [3.8, 4) is 0 Å². The summed E-state index contributed by atoms with van der Waals surface area (Å²) in [4.78, 5) is 0. The first-order valence-corrected chi connectivity index (χ1v) is 3.79.